The average molecular weight is 301 g/mol. The van der Waals surface area contributed by atoms with E-state index in [1.807, 2.05) is 19.9 Å². The van der Waals surface area contributed by atoms with Crippen LogP contribution in [0.15, 0.2) is 6.07 Å². The number of rotatable bonds is 3. The van der Waals surface area contributed by atoms with Gasteiger partial charge in [-0.05, 0) is 19.9 Å². The number of hydrogen-bond donors (Lipinski definition) is 1. The van der Waals surface area contributed by atoms with Crippen LogP contribution in [0.2, 0.25) is 5.02 Å². The Balaban J connectivity index is 2.21. The van der Waals surface area contributed by atoms with Crippen LogP contribution in [0.5, 0.6) is 0 Å². The van der Waals surface area contributed by atoms with Crippen LogP contribution >= 0.6 is 34.3 Å². The van der Waals surface area contributed by atoms with E-state index in [4.69, 9.17) is 11.6 Å². The topological polar surface area (TPSA) is 42.0 Å². The lowest BCUT2D eigenvalue weighted by Crippen LogP contribution is -2.04. The number of aryl methyl sites for hydroxylation is 2. The minimum absolute atomic E-state index is 0.0969. The second-order valence-electron chi connectivity index (χ2n) is 4.01. The van der Waals surface area contributed by atoms with Crippen LogP contribution in [0.1, 0.15) is 27.2 Å². The first kappa shape index (κ1) is 13.5. The van der Waals surface area contributed by atoms with Gasteiger partial charge in [0.15, 0.2) is 5.13 Å². The summed E-state index contributed by atoms with van der Waals surface area (Å²) in [5.41, 5.74) is 0.950. The van der Waals surface area contributed by atoms with E-state index < -0.39 is 0 Å². The molecule has 0 bridgehead atoms. The fraction of sp³-hybridized carbons (Fsp3) is 0.333. The van der Waals surface area contributed by atoms with Gasteiger partial charge in [-0.15, -0.1) is 22.7 Å². The van der Waals surface area contributed by atoms with Gasteiger partial charge in [0.2, 0.25) is 5.91 Å². The summed E-state index contributed by atoms with van der Waals surface area (Å²) in [5.74, 6) is -0.0969. The predicted octanol–water partition coefficient (Wildman–Crippen LogP) is 4.02. The maximum Gasteiger partial charge on any atom is 0.223 e. The van der Waals surface area contributed by atoms with E-state index >= 15 is 0 Å². The Hall–Kier alpha value is -0.910. The van der Waals surface area contributed by atoms with E-state index in [1.54, 1.807) is 11.3 Å². The minimum atomic E-state index is -0.0969. The Labute approximate surface area is 119 Å². The van der Waals surface area contributed by atoms with Gasteiger partial charge in [-0.2, -0.15) is 0 Å². The van der Waals surface area contributed by atoms with Gasteiger partial charge in [0.05, 0.1) is 10.7 Å². The van der Waals surface area contributed by atoms with Crippen molar-refractivity contribution in [2.75, 3.05) is 5.32 Å². The molecule has 2 heterocycles. The molecule has 2 aromatic heterocycles. The molecule has 2 aromatic rings. The van der Waals surface area contributed by atoms with Gasteiger partial charge in [-0.25, -0.2) is 4.98 Å². The maximum absolute atomic E-state index is 11.0. The molecule has 0 aromatic carbocycles. The third-order valence-corrected chi connectivity index (χ3v) is 4.95. The molecular formula is C12H13ClN2OS2. The number of hydrogen-bond acceptors (Lipinski definition) is 4. The molecule has 0 atom stereocenters. The molecule has 1 amide bonds. The number of nitrogens with one attached hydrogen (secondary N) is 1. The van der Waals surface area contributed by atoms with Gasteiger partial charge in [-0.3, -0.25) is 4.79 Å². The summed E-state index contributed by atoms with van der Waals surface area (Å²) >= 11 is 9.37. The highest BCUT2D eigenvalue weighted by Crippen LogP contribution is 2.32. The second-order valence-corrected chi connectivity index (χ2v) is 6.85. The van der Waals surface area contributed by atoms with Gasteiger partial charge in [-0.1, -0.05) is 11.6 Å². The summed E-state index contributed by atoms with van der Waals surface area (Å²) in [6, 6.07) is 1.98. The first-order valence-corrected chi connectivity index (χ1v) is 7.45. The number of thiazole rings is 1. The van der Waals surface area contributed by atoms with Crippen LogP contribution in [0.25, 0.3) is 0 Å². The van der Waals surface area contributed by atoms with Gasteiger partial charge in [0, 0.05) is 28.0 Å². The van der Waals surface area contributed by atoms with Crippen molar-refractivity contribution in [1.29, 1.82) is 0 Å². The maximum atomic E-state index is 11.0. The van der Waals surface area contributed by atoms with Crippen molar-refractivity contribution in [3.63, 3.8) is 0 Å². The molecule has 1 N–H and O–H groups in total. The minimum Gasteiger partial charge on any atom is -0.302 e. The summed E-state index contributed by atoms with van der Waals surface area (Å²) in [4.78, 5) is 18.8. The lowest BCUT2D eigenvalue weighted by Gasteiger charge is -1.96. The zero-order valence-corrected chi connectivity index (χ0v) is 12.7. The highest BCUT2D eigenvalue weighted by atomic mass is 35.5. The Kier molecular flexibility index (Phi) is 4.04. The van der Waals surface area contributed by atoms with Crippen molar-refractivity contribution >= 4 is 45.3 Å². The number of halogens is 1. The van der Waals surface area contributed by atoms with Crippen LogP contribution < -0.4 is 5.32 Å². The molecule has 0 aliphatic carbocycles. The highest BCUT2D eigenvalue weighted by Gasteiger charge is 2.12. The molecule has 0 spiro atoms. The predicted molar refractivity (Wildman–Crippen MR) is 78.0 cm³/mol. The SMILES string of the molecule is CC(=O)Nc1nc(C)c(Cc2sc(C)cc2Cl)s1. The number of aromatic nitrogens is 1. The third kappa shape index (κ3) is 3.10. The van der Waals surface area contributed by atoms with Crippen LogP contribution in [-0.4, -0.2) is 10.9 Å². The van der Waals surface area contributed by atoms with Crippen LogP contribution in [0.3, 0.4) is 0 Å². The molecule has 0 aliphatic heterocycles. The first-order valence-electron chi connectivity index (χ1n) is 5.44. The second kappa shape index (κ2) is 5.38. The first-order chi connectivity index (χ1) is 8.45. The fourth-order valence-corrected chi connectivity index (χ4v) is 4.06. The average Bonchev–Trinajstić information content (AvgIpc) is 2.71. The van der Waals surface area contributed by atoms with E-state index in [2.05, 4.69) is 10.3 Å². The number of carbonyl (C=O) groups is 1. The zero-order chi connectivity index (χ0) is 13.3. The summed E-state index contributed by atoms with van der Waals surface area (Å²) in [5, 5.41) is 4.17. The van der Waals surface area contributed by atoms with Crippen molar-refractivity contribution in [3.05, 3.63) is 31.4 Å². The van der Waals surface area contributed by atoms with Crippen LogP contribution in [0.4, 0.5) is 5.13 Å². The molecule has 0 fully saturated rings. The number of thiophene rings is 1. The van der Waals surface area contributed by atoms with E-state index in [1.165, 1.54) is 23.1 Å². The van der Waals surface area contributed by atoms with Crippen LogP contribution in [-0.2, 0) is 11.2 Å². The van der Waals surface area contributed by atoms with Crippen LogP contribution in [0, 0.1) is 13.8 Å². The summed E-state index contributed by atoms with van der Waals surface area (Å²) in [7, 11) is 0. The lowest BCUT2D eigenvalue weighted by molar-refractivity contribution is -0.114. The van der Waals surface area contributed by atoms with Crippen molar-refractivity contribution in [3.8, 4) is 0 Å². The number of nitrogens with zero attached hydrogens (tertiary/aromatic N) is 1. The summed E-state index contributed by atoms with van der Waals surface area (Å²) < 4.78 is 0. The molecule has 6 heteroatoms. The molecule has 0 aliphatic rings. The van der Waals surface area contributed by atoms with E-state index in [9.17, 15) is 4.79 Å². The van der Waals surface area contributed by atoms with Gasteiger partial charge in [0.25, 0.3) is 0 Å². The van der Waals surface area contributed by atoms with E-state index in [0.29, 0.717) is 5.13 Å². The van der Waals surface area contributed by atoms with Crippen molar-refractivity contribution in [1.82, 2.24) is 4.98 Å². The molecule has 96 valence electrons. The normalized spacial score (nSPS) is 10.7. The summed E-state index contributed by atoms with van der Waals surface area (Å²) in [6.07, 6.45) is 0.778. The highest BCUT2D eigenvalue weighted by molar-refractivity contribution is 7.16. The standard InChI is InChI=1S/C12H13ClN2OS2/c1-6-4-9(13)11(17-6)5-10-7(2)14-12(18-10)15-8(3)16/h4H,5H2,1-3H3,(H,14,15,16). The largest absolute Gasteiger partial charge is 0.302 e. The molecule has 18 heavy (non-hydrogen) atoms. The Morgan fingerprint density at radius 2 is 2.11 bits per heavy atom. The van der Waals surface area contributed by atoms with E-state index in [-0.39, 0.29) is 5.91 Å². The summed E-state index contributed by atoms with van der Waals surface area (Å²) in [6.45, 7) is 5.48. The quantitative estimate of drug-likeness (QED) is 0.930. The number of amides is 1. The molecule has 3 nitrogen and oxygen atoms in total. The van der Waals surface area contributed by atoms with E-state index in [0.717, 1.165) is 26.9 Å². The van der Waals surface area contributed by atoms with Gasteiger partial charge in [0.1, 0.15) is 0 Å². The lowest BCUT2D eigenvalue weighted by atomic mass is 10.2. The molecule has 0 radical (unpaired) electrons. The Morgan fingerprint density at radius 1 is 1.39 bits per heavy atom. The van der Waals surface area contributed by atoms with Crippen molar-refractivity contribution in [2.45, 2.75) is 27.2 Å². The van der Waals surface area contributed by atoms with Crippen molar-refractivity contribution < 1.29 is 4.79 Å². The molecule has 0 unspecified atom stereocenters. The van der Waals surface area contributed by atoms with Gasteiger partial charge < -0.3 is 5.32 Å². The molecular weight excluding hydrogens is 288 g/mol. The monoisotopic (exact) mass is 300 g/mol. The fourth-order valence-electron chi connectivity index (χ4n) is 1.59. The Bertz CT molecular complexity index is 589. The number of anilines is 1. The van der Waals surface area contributed by atoms with Gasteiger partial charge >= 0.3 is 0 Å². The molecule has 2 rings (SSSR count). The number of carbonyl (C=O) groups excluding carboxylic acids is 1. The Morgan fingerprint density at radius 3 is 2.67 bits per heavy atom. The van der Waals surface area contributed by atoms with Crippen molar-refractivity contribution in [2.24, 2.45) is 0 Å². The third-order valence-electron chi connectivity index (χ3n) is 2.38. The molecule has 0 saturated carbocycles. The smallest absolute Gasteiger partial charge is 0.223 e. The molecule has 0 saturated heterocycles. The zero-order valence-electron chi connectivity index (χ0n) is 10.3.